The summed E-state index contributed by atoms with van der Waals surface area (Å²) in [6.07, 6.45) is 6.24. The molecule has 1 aliphatic carbocycles. The standard InChI is InChI=1S/C20H32N2O3/c1-24-19-8-7-16(20(13-19)25-2)14-21-10-11-22(17-5-3-4-6-17)18(15-21)9-12-23/h7-8,13,17-18,23H,3-6,9-12,14-15H2,1-2H3. The summed E-state index contributed by atoms with van der Waals surface area (Å²) in [6.45, 7) is 4.36. The molecule has 1 aromatic rings. The van der Waals surface area contributed by atoms with Gasteiger partial charge in [-0.2, -0.15) is 0 Å². The van der Waals surface area contributed by atoms with E-state index < -0.39 is 0 Å². The lowest BCUT2D eigenvalue weighted by atomic mass is 10.0. The van der Waals surface area contributed by atoms with Crippen molar-refractivity contribution in [2.45, 2.75) is 50.7 Å². The maximum Gasteiger partial charge on any atom is 0.127 e. The molecule has 1 heterocycles. The number of aliphatic hydroxyl groups is 1. The predicted octanol–water partition coefficient (Wildman–Crippen LogP) is 2.52. The van der Waals surface area contributed by atoms with Gasteiger partial charge in [-0.25, -0.2) is 0 Å². The first-order chi connectivity index (χ1) is 12.2. The van der Waals surface area contributed by atoms with Crippen molar-refractivity contribution in [3.05, 3.63) is 23.8 Å². The van der Waals surface area contributed by atoms with Gasteiger partial charge in [0.25, 0.3) is 0 Å². The lowest BCUT2D eigenvalue weighted by Gasteiger charge is -2.44. The van der Waals surface area contributed by atoms with Crippen LogP contribution in [0, 0.1) is 0 Å². The maximum absolute atomic E-state index is 9.52. The molecular formula is C20H32N2O3. The smallest absolute Gasteiger partial charge is 0.127 e. The first-order valence-corrected chi connectivity index (χ1v) is 9.55. The molecule has 1 saturated carbocycles. The first kappa shape index (κ1) is 18.5. The van der Waals surface area contributed by atoms with Gasteiger partial charge in [0.05, 0.1) is 14.2 Å². The molecule has 0 radical (unpaired) electrons. The molecule has 5 nitrogen and oxygen atoms in total. The Morgan fingerprint density at radius 3 is 2.60 bits per heavy atom. The minimum Gasteiger partial charge on any atom is -0.497 e. The summed E-state index contributed by atoms with van der Waals surface area (Å²) in [6, 6.07) is 7.25. The van der Waals surface area contributed by atoms with Crippen LogP contribution in [-0.2, 0) is 6.54 Å². The molecule has 1 atom stereocenters. The number of methoxy groups -OCH3 is 2. The van der Waals surface area contributed by atoms with Crippen LogP contribution in [0.4, 0.5) is 0 Å². The highest BCUT2D eigenvalue weighted by Gasteiger charge is 2.33. The number of piperazine rings is 1. The molecule has 140 valence electrons. The third-order valence-corrected chi connectivity index (χ3v) is 5.76. The van der Waals surface area contributed by atoms with Crippen LogP contribution in [0.2, 0.25) is 0 Å². The fourth-order valence-corrected chi connectivity index (χ4v) is 4.42. The van der Waals surface area contributed by atoms with Crippen LogP contribution in [0.5, 0.6) is 11.5 Å². The average Bonchev–Trinajstić information content (AvgIpc) is 3.17. The van der Waals surface area contributed by atoms with Gasteiger partial charge in [-0.15, -0.1) is 0 Å². The second kappa shape index (κ2) is 8.88. The number of aliphatic hydroxyl groups excluding tert-OH is 1. The van der Waals surface area contributed by atoms with E-state index in [1.807, 2.05) is 12.1 Å². The Kier molecular flexibility index (Phi) is 6.57. The van der Waals surface area contributed by atoms with Crippen molar-refractivity contribution in [3.63, 3.8) is 0 Å². The third-order valence-electron chi connectivity index (χ3n) is 5.76. The van der Waals surface area contributed by atoms with Gasteiger partial charge in [-0.1, -0.05) is 18.9 Å². The van der Waals surface area contributed by atoms with Gasteiger partial charge >= 0.3 is 0 Å². The Hall–Kier alpha value is -1.30. The van der Waals surface area contributed by atoms with E-state index >= 15 is 0 Å². The Morgan fingerprint density at radius 1 is 1.12 bits per heavy atom. The molecule has 0 amide bonds. The van der Waals surface area contributed by atoms with Gasteiger partial charge < -0.3 is 14.6 Å². The van der Waals surface area contributed by atoms with Gasteiger partial charge in [-0.05, 0) is 25.3 Å². The van der Waals surface area contributed by atoms with Crippen LogP contribution in [0.15, 0.2) is 18.2 Å². The van der Waals surface area contributed by atoms with E-state index in [-0.39, 0.29) is 6.61 Å². The van der Waals surface area contributed by atoms with Crippen molar-refractivity contribution in [1.82, 2.24) is 9.80 Å². The summed E-state index contributed by atoms with van der Waals surface area (Å²) in [5, 5.41) is 9.52. The summed E-state index contributed by atoms with van der Waals surface area (Å²) in [7, 11) is 3.39. The number of rotatable bonds is 7. The molecule has 1 N–H and O–H groups in total. The van der Waals surface area contributed by atoms with Crippen LogP contribution < -0.4 is 9.47 Å². The van der Waals surface area contributed by atoms with E-state index in [2.05, 4.69) is 15.9 Å². The minimum atomic E-state index is 0.271. The SMILES string of the molecule is COc1ccc(CN2CCN(C3CCCC3)C(CCO)C2)c(OC)c1. The van der Waals surface area contributed by atoms with E-state index in [1.54, 1.807) is 14.2 Å². The lowest BCUT2D eigenvalue weighted by molar-refractivity contribution is 0.0265. The molecule has 5 heteroatoms. The fourth-order valence-electron chi connectivity index (χ4n) is 4.42. The van der Waals surface area contributed by atoms with E-state index in [9.17, 15) is 5.11 Å². The molecule has 2 aliphatic rings. The van der Waals surface area contributed by atoms with Crippen molar-refractivity contribution in [3.8, 4) is 11.5 Å². The van der Waals surface area contributed by atoms with Gasteiger partial charge in [0, 0.05) is 56.5 Å². The zero-order valence-corrected chi connectivity index (χ0v) is 15.6. The van der Waals surface area contributed by atoms with E-state index in [1.165, 1.54) is 31.2 Å². The van der Waals surface area contributed by atoms with Gasteiger partial charge in [0.15, 0.2) is 0 Å². The molecule has 0 bridgehead atoms. The Morgan fingerprint density at radius 2 is 1.92 bits per heavy atom. The van der Waals surface area contributed by atoms with Crippen molar-refractivity contribution in [2.24, 2.45) is 0 Å². The number of hydrogen-bond donors (Lipinski definition) is 1. The second-order valence-electron chi connectivity index (χ2n) is 7.26. The molecule has 0 aromatic heterocycles. The minimum absolute atomic E-state index is 0.271. The van der Waals surface area contributed by atoms with Gasteiger partial charge in [0.1, 0.15) is 11.5 Å². The summed E-state index contributed by atoms with van der Waals surface area (Å²) in [5.41, 5.74) is 1.19. The van der Waals surface area contributed by atoms with Crippen LogP contribution in [-0.4, -0.2) is 67.5 Å². The Bertz CT molecular complexity index is 546. The number of benzene rings is 1. The summed E-state index contributed by atoms with van der Waals surface area (Å²) in [5.74, 6) is 1.71. The highest BCUT2D eigenvalue weighted by atomic mass is 16.5. The number of nitrogens with zero attached hydrogens (tertiary/aromatic N) is 2. The van der Waals surface area contributed by atoms with Crippen LogP contribution >= 0.6 is 0 Å². The molecule has 0 spiro atoms. The fraction of sp³-hybridized carbons (Fsp3) is 0.700. The van der Waals surface area contributed by atoms with E-state index in [0.717, 1.165) is 50.1 Å². The Balaban J connectivity index is 1.66. The zero-order chi connectivity index (χ0) is 17.6. The van der Waals surface area contributed by atoms with Crippen LogP contribution in [0.25, 0.3) is 0 Å². The van der Waals surface area contributed by atoms with Crippen molar-refractivity contribution < 1.29 is 14.6 Å². The maximum atomic E-state index is 9.52. The van der Waals surface area contributed by atoms with Crippen LogP contribution in [0.1, 0.15) is 37.7 Å². The van der Waals surface area contributed by atoms with Crippen LogP contribution in [0.3, 0.4) is 0 Å². The van der Waals surface area contributed by atoms with Crippen molar-refractivity contribution >= 4 is 0 Å². The molecule has 25 heavy (non-hydrogen) atoms. The van der Waals surface area contributed by atoms with Gasteiger partial charge in [0.2, 0.25) is 0 Å². The highest BCUT2D eigenvalue weighted by Crippen LogP contribution is 2.30. The quantitative estimate of drug-likeness (QED) is 0.820. The molecule has 1 aromatic carbocycles. The van der Waals surface area contributed by atoms with E-state index in [4.69, 9.17) is 9.47 Å². The molecule has 1 aliphatic heterocycles. The summed E-state index contributed by atoms with van der Waals surface area (Å²) >= 11 is 0. The van der Waals surface area contributed by atoms with Gasteiger partial charge in [-0.3, -0.25) is 9.80 Å². The molecule has 1 saturated heterocycles. The predicted molar refractivity (Wildman–Crippen MR) is 99.3 cm³/mol. The van der Waals surface area contributed by atoms with Crippen molar-refractivity contribution in [1.29, 1.82) is 0 Å². The number of hydrogen-bond acceptors (Lipinski definition) is 5. The van der Waals surface area contributed by atoms with Crippen molar-refractivity contribution in [2.75, 3.05) is 40.5 Å². The average molecular weight is 348 g/mol. The molecule has 3 rings (SSSR count). The Labute approximate surface area is 151 Å². The number of ether oxygens (including phenoxy) is 2. The summed E-state index contributed by atoms with van der Waals surface area (Å²) in [4.78, 5) is 5.17. The monoisotopic (exact) mass is 348 g/mol. The zero-order valence-electron chi connectivity index (χ0n) is 15.6. The first-order valence-electron chi connectivity index (χ1n) is 9.55. The topological polar surface area (TPSA) is 45.2 Å². The lowest BCUT2D eigenvalue weighted by Crippen LogP contribution is -2.56. The largest absolute Gasteiger partial charge is 0.497 e. The third kappa shape index (κ3) is 4.46. The highest BCUT2D eigenvalue weighted by molar-refractivity contribution is 5.40. The van der Waals surface area contributed by atoms with E-state index in [0.29, 0.717) is 6.04 Å². The molecular weight excluding hydrogens is 316 g/mol. The second-order valence-corrected chi connectivity index (χ2v) is 7.26. The molecule has 2 fully saturated rings. The normalized spacial score (nSPS) is 23.1. The molecule has 1 unspecified atom stereocenters. The summed E-state index contributed by atoms with van der Waals surface area (Å²) < 4.78 is 10.8.